The molecule has 0 bridgehead atoms. The second kappa shape index (κ2) is 7.37. The summed E-state index contributed by atoms with van der Waals surface area (Å²) in [5.74, 6) is 0.852. The minimum atomic E-state index is -0.466. The van der Waals surface area contributed by atoms with Crippen LogP contribution in [0, 0.1) is 0 Å². The Morgan fingerprint density at radius 1 is 1.04 bits per heavy atom. The Morgan fingerprint density at radius 2 is 1.81 bits per heavy atom. The Morgan fingerprint density at radius 3 is 2.62 bits per heavy atom. The van der Waals surface area contributed by atoms with Crippen molar-refractivity contribution in [2.45, 2.75) is 12.8 Å². The molecule has 1 amide bonds. The summed E-state index contributed by atoms with van der Waals surface area (Å²) in [7, 11) is 0. The number of carbonyl (C=O) groups is 2. The largest absolute Gasteiger partial charge is 0.486 e. The van der Waals surface area contributed by atoms with Gasteiger partial charge in [-0.15, -0.1) is 11.3 Å². The molecule has 136 valence electrons. The van der Waals surface area contributed by atoms with Gasteiger partial charge in [0.1, 0.15) is 18.1 Å². The van der Waals surface area contributed by atoms with Gasteiger partial charge in [0.2, 0.25) is 0 Å². The Kier molecular flexibility index (Phi) is 4.79. The van der Waals surface area contributed by atoms with Gasteiger partial charge in [-0.05, 0) is 48.7 Å². The molecule has 0 radical (unpaired) electrons. The van der Waals surface area contributed by atoms with E-state index in [1.807, 2.05) is 24.3 Å². The molecule has 0 aliphatic carbocycles. The Balaban J connectivity index is 1.40. The molecule has 0 N–H and O–H groups in total. The van der Waals surface area contributed by atoms with E-state index < -0.39 is 5.97 Å². The summed E-state index contributed by atoms with van der Waals surface area (Å²) >= 11 is 1.33. The van der Waals surface area contributed by atoms with Gasteiger partial charge in [-0.1, -0.05) is 0 Å². The molecule has 0 atom stereocenters. The first-order valence-electron chi connectivity index (χ1n) is 8.65. The van der Waals surface area contributed by atoms with Crippen LogP contribution in [0.1, 0.15) is 22.5 Å². The highest BCUT2D eigenvalue weighted by atomic mass is 32.1. The van der Waals surface area contributed by atoms with Crippen molar-refractivity contribution < 1.29 is 23.8 Å². The summed E-state index contributed by atoms with van der Waals surface area (Å²) < 4.78 is 16.3. The first-order chi connectivity index (χ1) is 12.7. The number of fused-ring (bicyclic) bond motifs is 1. The van der Waals surface area contributed by atoms with Crippen molar-refractivity contribution in [1.29, 1.82) is 0 Å². The minimum Gasteiger partial charge on any atom is -0.486 e. The maximum absolute atomic E-state index is 12.2. The fraction of sp³-hybridized carbons (Fsp3) is 0.368. The quantitative estimate of drug-likeness (QED) is 0.771. The standard InChI is InChI=1S/C19H19NO5S/c21-18(20-7-1-2-8-20)12-25-19(22)17-6-5-16(26-17)13-3-4-14-15(11-13)24-10-9-23-14/h3-6,11H,1-2,7-10,12H2. The lowest BCUT2D eigenvalue weighted by Crippen LogP contribution is -2.31. The zero-order chi connectivity index (χ0) is 17.9. The maximum Gasteiger partial charge on any atom is 0.348 e. The van der Waals surface area contributed by atoms with Crippen molar-refractivity contribution >= 4 is 23.2 Å². The van der Waals surface area contributed by atoms with Crippen molar-refractivity contribution in [2.75, 3.05) is 32.9 Å². The topological polar surface area (TPSA) is 65.1 Å². The van der Waals surface area contributed by atoms with Crippen molar-refractivity contribution in [2.24, 2.45) is 0 Å². The van der Waals surface area contributed by atoms with Crippen molar-refractivity contribution in [3.05, 3.63) is 35.2 Å². The van der Waals surface area contributed by atoms with E-state index in [1.54, 1.807) is 11.0 Å². The molecule has 0 unspecified atom stereocenters. The van der Waals surface area contributed by atoms with Crippen LogP contribution in [0.25, 0.3) is 10.4 Å². The highest BCUT2D eigenvalue weighted by Gasteiger charge is 2.20. The highest BCUT2D eigenvalue weighted by molar-refractivity contribution is 7.17. The third kappa shape index (κ3) is 3.53. The summed E-state index contributed by atoms with van der Waals surface area (Å²) in [5.41, 5.74) is 0.950. The van der Waals surface area contributed by atoms with E-state index in [0.29, 0.717) is 23.8 Å². The molecule has 0 spiro atoms. The summed E-state index contributed by atoms with van der Waals surface area (Å²) in [6.07, 6.45) is 2.03. The third-order valence-corrected chi connectivity index (χ3v) is 5.53. The van der Waals surface area contributed by atoms with E-state index in [4.69, 9.17) is 14.2 Å². The van der Waals surface area contributed by atoms with E-state index in [9.17, 15) is 9.59 Å². The number of thiophene rings is 1. The molecule has 1 fully saturated rings. The van der Waals surface area contributed by atoms with Gasteiger partial charge in [-0.2, -0.15) is 0 Å². The highest BCUT2D eigenvalue weighted by Crippen LogP contribution is 2.37. The minimum absolute atomic E-state index is 0.125. The number of amides is 1. The summed E-state index contributed by atoms with van der Waals surface area (Å²) in [6.45, 7) is 2.39. The molecule has 26 heavy (non-hydrogen) atoms. The molecule has 0 saturated carbocycles. The molecule has 2 aromatic rings. The number of benzene rings is 1. The number of hydrogen-bond donors (Lipinski definition) is 0. The van der Waals surface area contributed by atoms with Crippen LogP contribution in [0.3, 0.4) is 0 Å². The zero-order valence-corrected chi connectivity index (χ0v) is 15.0. The molecule has 4 rings (SSSR count). The van der Waals surface area contributed by atoms with Crippen LogP contribution in [0.2, 0.25) is 0 Å². The average Bonchev–Trinajstić information content (AvgIpc) is 3.37. The number of likely N-dealkylation sites (tertiary alicyclic amines) is 1. The summed E-state index contributed by atoms with van der Waals surface area (Å²) in [5, 5.41) is 0. The average molecular weight is 373 g/mol. The van der Waals surface area contributed by atoms with Crippen LogP contribution in [0.15, 0.2) is 30.3 Å². The zero-order valence-electron chi connectivity index (χ0n) is 14.2. The van der Waals surface area contributed by atoms with Gasteiger partial charge in [0.15, 0.2) is 18.1 Å². The van der Waals surface area contributed by atoms with Gasteiger partial charge in [0, 0.05) is 18.0 Å². The first kappa shape index (κ1) is 16.9. The van der Waals surface area contributed by atoms with Crippen LogP contribution in [0.4, 0.5) is 0 Å². The summed E-state index contributed by atoms with van der Waals surface area (Å²) in [4.78, 5) is 27.3. The van der Waals surface area contributed by atoms with Gasteiger partial charge in [0.25, 0.3) is 5.91 Å². The first-order valence-corrected chi connectivity index (χ1v) is 9.47. The number of nitrogens with zero attached hydrogens (tertiary/aromatic N) is 1. The van der Waals surface area contributed by atoms with Gasteiger partial charge >= 0.3 is 5.97 Å². The molecule has 6 nitrogen and oxygen atoms in total. The van der Waals surface area contributed by atoms with Crippen LogP contribution >= 0.6 is 11.3 Å². The van der Waals surface area contributed by atoms with Gasteiger partial charge in [-0.3, -0.25) is 4.79 Å². The van der Waals surface area contributed by atoms with Crippen LogP contribution < -0.4 is 9.47 Å². The molecule has 1 aromatic heterocycles. The molecule has 3 heterocycles. The number of hydrogen-bond acceptors (Lipinski definition) is 6. The Hall–Kier alpha value is -2.54. The van der Waals surface area contributed by atoms with E-state index in [0.717, 1.165) is 42.1 Å². The van der Waals surface area contributed by atoms with Crippen LogP contribution in [-0.2, 0) is 9.53 Å². The van der Waals surface area contributed by atoms with Gasteiger partial charge in [0.05, 0.1) is 0 Å². The normalized spacial score (nSPS) is 15.8. The number of rotatable bonds is 4. The third-order valence-electron chi connectivity index (χ3n) is 4.42. The lowest BCUT2D eigenvalue weighted by atomic mass is 10.1. The fourth-order valence-corrected chi connectivity index (χ4v) is 3.95. The molecule has 1 aromatic carbocycles. The van der Waals surface area contributed by atoms with E-state index >= 15 is 0 Å². The van der Waals surface area contributed by atoms with Crippen molar-refractivity contribution in [3.8, 4) is 21.9 Å². The van der Waals surface area contributed by atoms with Gasteiger partial charge in [-0.25, -0.2) is 4.79 Å². The van der Waals surface area contributed by atoms with Crippen LogP contribution in [-0.4, -0.2) is 49.7 Å². The van der Waals surface area contributed by atoms with E-state index in [2.05, 4.69) is 0 Å². The SMILES string of the molecule is O=C(OCC(=O)N1CCCC1)c1ccc(-c2ccc3c(c2)OCCO3)s1. The monoisotopic (exact) mass is 373 g/mol. The molecular weight excluding hydrogens is 354 g/mol. The van der Waals surface area contributed by atoms with E-state index in [1.165, 1.54) is 11.3 Å². The number of carbonyl (C=O) groups excluding carboxylic acids is 2. The van der Waals surface area contributed by atoms with E-state index in [-0.39, 0.29) is 12.5 Å². The molecule has 2 aliphatic heterocycles. The number of esters is 1. The number of ether oxygens (including phenoxy) is 3. The molecular formula is C19H19NO5S. The predicted octanol–water partition coefficient (Wildman–Crippen LogP) is 2.97. The Bertz CT molecular complexity index is 825. The van der Waals surface area contributed by atoms with Crippen molar-refractivity contribution in [3.63, 3.8) is 0 Å². The molecule has 1 saturated heterocycles. The smallest absolute Gasteiger partial charge is 0.348 e. The molecule has 7 heteroatoms. The van der Waals surface area contributed by atoms with Crippen LogP contribution in [0.5, 0.6) is 11.5 Å². The second-order valence-electron chi connectivity index (χ2n) is 6.19. The van der Waals surface area contributed by atoms with Gasteiger partial charge < -0.3 is 19.1 Å². The summed E-state index contributed by atoms with van der Waals surface area (Å²) in [6, 6.07) is 9.31. The predicted molar refractivity (Wildman–Crippen MR) is 96.8 cm³/mol. The fourth-order valence-electron chi connectivity index (χ4n) is 3.06. The molecule has 2 aliphatic rings. The maximum atomic E-state index is 12.2. The van der Waals surface area contributed by atoms with Crippen molar-refractivity contribution in [1.82, 2.24) is 4.90 Å². The lowest BCUT2D eigenvalue weighted by molar-refractivity contribution is -0.133. The Labute approximate surface area is 155 Å². The second-order valence-corrected chi connectivity index (χ2v) is 7.27. The lowest BCUT2D eigenvalue weighted by Gasteiger charge is -2.18.